The highest BCUT2D eigenvalue weighted by atomic mass is 35.5. The number of carbonyl (C=O) groups is 1. The van der Waals surface area contributed by atoms with E-state index in [0.29, 0.717) is 26.9 Å². The lowest BCUT2D eigenvalue weighted by atomic mass is 9.98. The maximum Gasteiger partial charge on any atom is 0.297 e. The first-order valence-corrected chi connectivity index (χ1v) is 11.7. The number of thiazole rings is 1. The van der Waals surface area contributed by atoms with Crippen LogP contribution in [-0.2, 0) is 0 Å². The van der Waals surface area contributed by atoms with Gasteiger partial charge in [-0.05, 0) is 63.6 Å². The van der Waals surface area contributed by atoms with Crippen LogP contribution >= 0.6 is 22.9 Å². The van der Waals surface area contributed by atoms with Crippen molar-refractivity contribution in [3.63, 3.8) is 0 Å². The van der Waals surface area contributed by atoms with Gasteiger partial charge in [0.05, 0.1) is 28.8 Å². The number of rotatable bonds is 4. The quantitative estimate of drug-likeness (QED) is 0.355. The molecule has 1 aliphatic heterocycles. The normalized spacial score (nSPS) is 15.5. The summed E-state index contributed by atoms with van der Waals surface area (Å²) < 4.78 is 11.7. The van der Waals surface area contributed by atoms with Gasteiger partial charge in [0.1, 0.15) is 11.3 Å². The standard InChI is InChI=1S/C25H21ClN2O4S/c1-12(2)31-17-8-5-15(6-9-17)21-20-22(29)18-11-16(26)7-10-19(18)32-23(20)24(30)28(21)25-27-13(3)14(4)33-25/h5-12,21H,1-4H3/t21-/m1/s1. The molecular weight excluding hydrogens is 460 g/mol. The molecule has 0 saturated carbocycles. The molecule has 8 heteroatoms. The van der Waals surface area contributed by atoms with Gasteiger partial charge in [0, 0.05) is 9.90 Å². The number of ether oxygens (including phenoxy) is 1. The molecular formula is C25H21ClN2O4S. The molecule has 6 nitrogen and oxygen atoms in total. The highest BCUT2D eigenvalue weighted by Gasteiger charge is 2.45. The number of hydrogen-bond acceptors (Lipinski definition) is 6. The van der Waals surface area contributed by atoms with Crippen LogP contribution in [0.25, 0.3) is 11.0 Å². The summed E-state index contributed by atoms with van der Waals surface area (Å²) in [4.78, 5) is 34.4. The van der Waals surface area contributed by atoms with E-state index in [0.717, 1.165) is 16.1 Å². The average Bonchev–Trinajstić information content (AvgIpc) is 3.25. The average molecular weight is 481 g/mol. The predicted octanol–water partition coefficient (Wildman–Crippen LogP) is 6.06. The summed E-state index contributed by atoms with van der Waals surface area (Å²) in [7, 11) is 0. The highest BCUT2D eigenvalue weighted by Crippen LogP contribution is 2.43. The topological polar surface area (TPSA) is 72.6 Å². The zero-order valence-electron chi connectivity index (χ0n) is 18.5. The summed E-state index contributed by atoms with van der Waals surface area (Å²) in [6, 6.07) is 11.6. The van der Waals surface area contributed by atoms with Crippen molar-refractivity contribution < 1.29 is 13.9 Å². The van der Waals surface area contributed by atoms with E-state index in [1.54, 1.807) is 23.1 Å². The molecule has 3 heterocycles. The van der Waals surface area contributed by atoms with E-state index in [9.17, 15) is 9.59 Å². The fourth-order valence-corrected chi connectivity index (χ4v) is 5.13. The van der Waals surface area contributed by atoms with Gasteiger partial charge in [0.2, 0.25) is 5.76 Å². The molecule has 0 saturated heterocycles. The fraction of sp³-hybridized carbons (Fsp3) is 0.240. The van der Waals surface area contributed by atoms with Crippen LogP contribution in [0.3, 0.4) is 0 Å². The van der Waals surface area contributed by atoms with Crippen LogP contribution in [-0.4, -0.2) is 17.0 Å². The van der Waals surface area contributed by atoms with E-state index < -0.39 is 6.04 Å². The van der Waals surface area contributed by atoms with Gasteiger partial charge in [-0.15, -0.1) is 11.3 Å². The molecule has 0 unspecified atom stereocenters. The van der Waals surface area contributed by atoms with Gasteiger partial charge in [-0.3, -0.25) is 14.5 Å². The van der Waals surface area contributed by atoms with Crippen LogP contribution in [0.15, 0.2) is 51.7 Å². The number of anilines is 1. The maximum absolute atomic E-state index is 13.6. The zero-order chi connectivity index (χ0) is 23.4. The lowest BCUT2D eigenvalue weighted by molar-refractivity contribution is 0.0971. The Balaban J connectivity index is 1.74. The second-order valence-corrected chi connectivity index (χ2v) is 9.88. The van der Waals surface area contributed by atoms with Gasteiger partial charge < -0.3 is 9.15 Å². The van der Waals surface area contributed by atoms with E-state index in [4.69, 9.17) is 20.8 Å². The summed E-state index contributed by atoms with van der Waals surface area (Å²) in [6.07, 6.45) is 0.0329. The van der Waals surface area contributed by atoms with Crippen molar-refractivity contribution in [1.82, 2.24) is 4.98 Å². The number of benzene rings is 2. The summed E-state index contributed by atoms with van der Waals surface area (Å²) in [6.45, 7) is 7.76. The van der Waals surface area contributed by atoms with E-state index >= 15 is 0 Å². The minimum atomic E-state index is -0.676. The van der Waals surface area contributed by atoms with Gasteiger partial charge >= 0.3 is 0 Å². The van der Waals surface area contributed by atoms with E-state index in [2.05, 4.69) is 4.98 Å². The Morgan fingerprint density at radius 2 is 1.85 bits per heavy atom. The van der Waals surface area contributed by atoms with Gasteiger partial charge in [-0.25, -0.2) is 4.98 Å². The van der Waals surface area contributed by atoms with Crippen LogP contribution in [0.4, 0.5) is 5.13 Å². The second kappa shape index (κ2) is 8.01. The Bertz CT molecular complexity index is 1440. The predicted molar refractivity (Wildman–Crippen MR) is 130 cm³/mol. The van der Waals surface area contributed by atoms with Crippen LogP contribution in [0.5, 0.6) is 5.75 Å². The molecule has 0 spiro atoms. The molecule has 0 fully saturated rings. The molecule has 1 aliphatic rings. The third kappa shape index (κ3) is 3.61. The Morgan fingerprint density at radius 1 is 1.12 bits per heavy atom. The van der Waals surface area contributed by atoms with Gasteiger partial charge in [-0.1, -0.05) is 23.7 Å². The van der Waals surface area contributed by atoms with Crippen LogP contribution in [0.2, 0.25) is 5.02 Å². The van der Waals surface area contributed by atoms with Crippen LogP contribution in [0.1, 0.15) is 52.1 Å². The number of halogens is 1. The van der Waals surface area contributed by atoms with Crippen LogP contribution in [0, 0.1) is 13.8 Å². The Labute approximate surface area is 199 Å². The zero-order valence-corrected chi connectivity index (χ0v) is 20.1. The summed E-state index contributed by atoms with van der Waals surface area (Å²) >= 11 is 7.56. The van der Waals surface area contributed by atoms with Crippen LogP contribution < -0.4 is 15.1 Å². The molecule has 168 valence electrons. The molecule has 4 aromatic rings. The van der Waals surface area contributed by atoms with Crippen molar-refractivity contribution >= 4 is 44.9 Å². The minimum Gasteiger partial charge on any atom is -0.491 e. The lowest BCUT2D eigenvalue weighted by Crippen LogP contribution is -2.29. The minimum absolute atomic E-state index is 0.0329. The first kappa shape index (κ1) is 21.7. The van der Waals surface area contributed by atoms with Crippen molar-refractivity contribution in [2.24, 2.45) is 0 Å². The summed E-state index contributed by atoms with van der Waals surface area (Å²) in [5.41, 5.74) is 1.94. The smallest absolute Gasteiger partial charge is 0.297 e. The molecule has 33 heavy (non-hydrogen) atoms. The number of fused-ring (bicyclic) bond motifs is 2. The molecule has 0 N–H and O–H groups in total. The van der Waals surface area contributed by atoms with Crippen molar-refractivity contribution in [1.29, 1.82) is 0 Å². The third-order valence-electron chi connectivity index (χ3n) is 5.62. The molecule has 0 aliphatic carbocycles. The van der Waals surface area contributed by atoms with Crippen molar-refractivity contribution in [3.05, 3.63) is 85.2 Å². The molecule has 0 bridgehead atoms. The Morgan fingerprint density at radius 3 is 2.48 bits per heavy atom. The summed E-state index contributed by atoms with van der Waals surface area (Å²) in [5.74, 6) is 0.358. The molecule has 5 rings (SSSR count). The van der Waals surface area contributed by atoms with Crippen molar-refractivity contribution in [3.8, 4) is 5.75 Å². The van der Waals surface area contributed by atoms with Gasteiger partial charge in [-0.2, -0.15) is 0 Å². The molecule has 2 aromatic carbocycles. The number of carbonyl (C=O) groups excluding carboxylic acids is 1. The van der Waals surface area contributed by atoms with Crippen molar-refractivity contribution in [2.75, 3.05) is 4.90 Å². The van der Waals surface area contributed by atoms with E-state index in [1.165, 1.54) is 11.3 Å². The van der Waals surface area contributed by atoms with Gasteiger partial charge in [0.15, 0.2) is 10.6 Å². The lowest BCUT2D eigenvalue weighted by Gasteiger charge is -2.23. The second-order valence-electron chi connectivity index (χ2n) is 8.27. The molecule has 1 atom stereocenters. The molecule has 1 amide bonds. The fourth-order valence-electron chi connectivity index (χ4n) is 4.02. The maximum atomic E-state index is 13.6. The highest BCUT2D eigenvalue weighted by molar-refractivity contribution is 7.15. The number of hydrogen-bond donors (Lipinski definition) is 0. The first-order chi connectivity index (χ1) is 15.7. The largest absolute Gasteiger partial charge is 0.491 e. The number of amides is 1. The van der Waals surface area contributed by atoms with E-state index in [1.807, 2.05) is 52.0 Å². The molecule has 2 aromatic heterocycles. The number of aryl methyl sites for hydroxylation is 2. The van der Waals surface area contributed by atoms with Crippen molar-refractivity contribution in [2.45, 2.75) is 39.8 Å². The Hall–Kier alpha value is -3.16. The number of aromatic nitrogens is 1. The van der Waals surface area contributed by atoms with Gasteiger partial charge in [0.25, 0.3) is 5.91 Å². The SMILES string of the molecule is Cc1nc(N2C(=O)c3oc4ccc(Cl)cc4c(=O)c3[C@H]2c2ccc(OC(C)C)cc2)sc1C. The molecule has 0 radical (unpaired) electrons. The summed E-state index contributed by atoms with van der Waals surface area (Å²) in [5, 5.41) is 1.29. The number of nitrogens with zero attached hydrogens (tertiary/aromatic N) is 2. The monoisotopic (exact) mass is 480 g/mol. The first-order valence-electron chi connectivity index (χ1n) is 10.5. The third-order valence-corrected chi connectivity index (χ3v) is 6.93. The van der Waals surface area contributed by atoms with E-state index in [-0.39, 0.29) is 28.8 Å². The Kier molecular flexibility index (Phi) is 5.26.